The van der Waals surface area contributed by atoms with E-state index in [4.69, 9.17) is 11.6 Å². The molecule has 0 radical (unpaired) electrons. The summed E-state index contributed by atoms with van der Waals surface area (Å²) >= 11 is 0. The first-order chi connectivity index (χ1) is 7.22. The fraction of sp³-hybridized carbons (Fsp3) is 0.250. The molecule has 1 rings (SSSR count). The van der Waals surface area contributed by atoms with E-state index in [1.54, 1.807) is 12.1 Å². The summed E-state index contributed by atoms with van der Waals surface area (Å²) in [7, 11) is 0. The molecule has 7 heteroatoms. The highest BCUT2D eigenvalue weighted by Gasteiger charge is 1.95. The molecule has 2 amide bonds. The summed E-state index contributed by atoms with van der Waals surface area (Å²) in [4.78, 5) is 14.5. The average Bonchev–Trinajstić information content (AvgIpc) is 2.24. The number of urea groups is 1. The number of pyridine rings is 1. The first-order valence-electron chi connectivity index (χ1n) is 4.43. The number of hydrogen-bond donors (Lipinski definition) is 5. The van der Waals surface area contributed by atoms with Crippen LogP contribution in [0.15, 0.2) is 18.2 Å². The highest BCUT2D eigenvalue weighted by Crippen LogP contribution is 2.06. The first-order valence-corrected chi connectivity index (χ1v) is 4.43. The number of nitrogens with two attached hydrogens (primary N) is 2. The quantitative estimate of drug-likeness (QED) is 0.254. The normalized spacial score (nSPS) is 9.40. The third kappa shape index (κ3) is 4.14. The second-order valence-electron chi connectivity index (χ2n) is 2.77. The molecule has 0 bridgehead atoms. The van der Waals surface area contributed by atoms with Gasteiger partial charge in [-0.15, -0.1) is 0 Å². The predicted molar refractivity (Wildman–Crippen MR) is 58.1 cm³/mol. The van der Waals surface area contributed by atoms with Crippen LogP contribution in [0.4, 0.5) is 16.4 Å². The van der Waals surface area contributed by atoms with Crippen LogP contribution in [0.3, 0.4) is 0 Å². The maximum absolute atomic E-state index is 10.4. The molecular weight excluding hydrogens is 196 g/mol. The van der Waals surface area contributed by atoms with Gasteiger partial charge in [0.1, 0.15) is 11.6 Å². The van der Waals surface area contributed by atoms with Gasteiger partial charge in [-0.05, 0) is 12.1 Å². The summed E-state index contributed by atoms with van der Waals surface area (Å²) in [6, 6.07) is 4.81. The van der Waals surface area contributed by atoms with Crippen molar-refractivity contribution in [3.05, 3.63) is 18.2 Å². The fourth-order valence-corrected chi connectivity index (χ4v) is 0.990. The second kappa shape index (κ2) is 5.66. The van der Waals surface area contributed by atoms with Crippen molar-refractivity contribution in [3.63, 3.8) is 0 Å². The van der Waals surface area contributed by atoms with Crippen LogP contribution in [0, 0.1) is 0 Å². The van der Waals surface area contributed by atoms with Crippen molar-refractivity contribution < 1.29 is 4.79 Å². The van der Waals surface area contributed by atoms with Crippen LogP contribution in [0.2, 0.25) is 0 Å². The summed E-state index contributed by atoms with van der Waals surface area (Å²) in [5, 5.41) is 5.45. The fourth-order valence-electron chi connectivity index (χ4n) is 0.990. The minimum Gasteiger partial charge on any atom is -0.368 e. The molecule has 1 heterocycles. The number of primary amides is 1. The van der Waals surface area contributed by atoms with Gasteiger partial charge in [0.15, 0.2) is 0 Å². The van der Waals surface area contributed by atoms with Crippen molar-refractivity contribution >= 4 is 17.7 Å². The number of aromatic nitrogens is 1. The maximum atomic E-state index is 10.4. The maximum Gasteiger partial charge on any atom is 0.312 e. The first kappa shape index (κ1) is 11.1. The Morgan fingerprint density at radius 2 is 2.07 bits per heavy atom. The molecule has 0 spiro atoms. The van der Waals surface area contributed by atoms with Crippen molar-refractivity contribution in [2.75, 3.05) is 23.8 Å². The van der Waals surface area contributed by atoms with E-state index >= 15 is 0 Å². The number of amides is 2. The van der Waals surface area contributed by atoms with Crippen molar-refractivity contribution in [1.82, 2.24) is 10.3 Å². The lowest BCUT2D eigenvalue weighted by atomic mass is 10.4. The van der Waals surface area contributed by atoms with E-state index in [2.05, 4.69) is 21.0 Å². The monoisotopic (exact) mass is 210 g/mol. The van der Waals surface area contributed by atoms with Gasteiger partial charge in [-0.3, -0.25) is 0 Å². The van der Waals surface area contributed by atoms with Crippen LogP contribution < -0.4 is 27.6 Å². The zero-order valence-electron chi connectivity index (χ0n) is 8.16. The van der Waals surface area contributed by atoms with E-state index in [0.29, 0.717) is 24.7 Å². The summed E-state index contributed by atoms with van der Waals surface area (Å²) in [6.07, 6.45) is 0. The molecule has 0 atom stereocenters. The number of carbonyl (C=O) groups is 1. The van der Waals surface area contributed by atoms with Gasteiger partial charge in [0.2, 0.25) is 0 Å². The Balaban J connectivity index is 2.33. The molecule has 0 aromatic carbocycles. The van der Waals surface area contributed by atoms with Crippen molar-refractivity contribution in [3.8, 4) is 0 Å². The van der Waals surface area contributed by atoms with E-state index in [1.165, 1.54) is 0 Å². The molecule has 82 valence electrons. The van der Waals surface area contributed by atoms with Crippen molar-refractivity contribution in [1.29, 1.82) is 0 Å². The standard InChI is InChI=1S/C8H14N6O/c9-8(15)12-5-4-11-6-2-1-3-7(13-6)14-10/h1-3H,4-5,10H2,(H3,9,12,15)(H2,11,13,14). The predicted octanol–water partition coefficient (Wildman–Crippen LogP) is -0.553. The molecule has 15 heavy (non-hydrogen) atoms. The number of anilines is 2. The molecule has 1 aromatic rings. The van der Waals surface area contributed by atoms with E-state index < -0.39 is 6.03 Å². The molecule has 0 saturated carbocycles. The number of rotatable bonds is 5. The Morgan fingerprint density at radius 3 is 2.73 bits per heavy atom. The number of carbonyl (C=O) groups excluding carboxylic acids is 1. The molecule has 0 unspecified atom stereocenters. The molecular formula is C8H14N6O. The van der Waals surface area contributed by atoms with E-state index in [9.17, 15) is 4.79 Å². The molecule has 0 aliphatic carbocycles. The summed E-state index contributed by atoms with van der Waals surface area (Å²) in [6.45, 7) is 0.987. The number of hydrogen-bond acceptors (Lipinski definition) is 5. The van der Waals surface area contributed by atoms with Gasteiger partial charge in [0, 0.05) is 13.1 Å². The van der Waals surface area contributed by atoms with Gasteiger partial charge >= 0.3 is 6.03 Å². The lowest BCUT2D eigenvalue weighted by Gasteiger charge is -2.06. The Kier molecular flexibility index (Phi) is 4.17. The smallest absolute Gasteiger partial charge is 0.312 e. The minimum absolute atomic E-state index is 0.442. The minimum atomic E-state index is -0.540. The van der Waals surface area contributed by atoms with Gasteiger partial charge < -0.3 is 21.8 Å². The Hall–Kier alpha value is -2.02. The zero-order chi connectivity index (χ0) is 11.1. The van der Waals surface area contributed by atoms with E-state index in [0.717, 1.165) is 0 Å². The summed E-state index contributed by atoms with van der Waals surface area (Å²) in [5.41, 5.74) is 7.33. The van der Waals surface area contributed by atoms with Crippen LogP contribution in [0.5, 0.6) is 0 Å². The topological polar surface area (TPSA) is 118 Å². The molecule has 7 N–H and O–H groups in total. The Labute approximate surface area is 87.2 Å². The lowest BCUT2D eigenvalue weighted by molar-refractivity contribution is 0.249. The van der Waals surface area contributed by atoms with Crippen LogP contribution in [-0.4, -0.2) is 24.1 Å². The highest BCUT2D eigenvalue weighted by atomic mass is 16.2. The SMILES string of the molecule is NNc1cccc(NCCNC(N)=O)n1. The largest absolute Gasteiger partial charge is 0.368 e. The van der Waals surface area contributed by atoms with Gasteiger partial charge in [-0.1, -0.05) is 6.07 Å². The van der Waals surface area contributed by atoms with Crippen LogP contribution >= 0.6 is 0 Å². The Morgan fingerprint density at radius 1 is 1.33 bits per heavy atom. The van der Waals surface area contributed by atoms with E-state index in [1.807, 2.05) is 6.07 Å². The third-order valence-corrected chi connectivity index (χ3v) is 1.63. The van der Waals surface area contributed by atoms with Crippen molar-refractivity contribution in [2.24, 2.45) is 11.6 Å². The van der Waals surface area contributed by atoms with Crippen LogP contribution in [-0.2, 0) is 0 Å². The molecule has 7 nitrogen and oxygen atoms in total. The summed E-state index contributed by atoms with van der Waals surface area (Å²) in [5.74, 6) is 6.45. The van der Waals surface area contributed by atoms with Crippen LogP contribution in [0.1, 0.15) is 0 Å². The average molecular weight is 210 g/mol. The zero-order valence-corrected chi connectivity index (χ0v) is 8.16. The molecule has 0 saturated heterocycles. The number of hydrazine groups is 1. The van der Waals surface area contributed by atoms with Gasteiger partial charge in [-0.25, -0.2) is 15.6 Å². The van der Waals surface area contributed by atoms with Gasteiger partial charge in [-0.2, -0.15) is 0 Å². The molecule has 1 aromatic heterocycles. The Bertz CT molecular complexity index is 329. The highest BCUT2D eigenvalue weighted by molar-refractivity contribution is 5.71. The summed E-state index contributed by atoms with van der Waals surface area (Å²) < 4.78 is 0. The number of nitrogen functional groups attached to an aromatic ring is 1. The number of nitrogens with one attached hydrogen (secondary N) is 3. The molecule has 0 aliphatic heterocycles. The number of nitrogens with zero attached hydrogens (tertiary/aromatic N) is 1. The molecule has 0 aliphatic rings. The van der Waals surface area contributed by atoms with Gasteiger partial charge in [0.25, 0.3) is 0 Å². The van der Waals surface area contributed by atoms with Crippen LogP contribution in [0.25, 0.3) is 0 Å². The van der Waals surface area contributed by atoms with Crippen molar-refractivity contribution in [2.45, 2.75) is 0 Å². The second-order valence-corrected chi connectivity index (χ2v) is 2.77. The third-order valence-electron chi connectivity index (χ3n) is 1.63. The lowest BCUT2D eigenvalue weighted by Crippen LogP contribution is -2.33. The van der Waals surface area contributed by atoms with E-state index in [-0.39, 0.29) is 0 Å². The van der Waals surface area contributed by atoms with Gasteiger partial charge in [0.05, 0.1) is 0 Å². The molecule has 0 fully saturated rings.